The lowest BCUT2D eigenvalue weighted by atomic mass is 9.84. The molecule has 1 aromatic heterocycles. The van der Waals surface area contributed by atoms with Crippen molar-refractivity contribution in [1.82, 2.24) is 4.57 Å². The van der Waals surface area contributed by atoms with E-state index in [2.05, 4.69) is 0 Å². The van der Waals surface area contributed by atoms with Gasteiger partial charge < -0.3 is 15.0 Å². The highest BCUT2D eigenvalue weighted by Crippen LogP contribution is 2.45. The Bertz CT molecular complexity index is 982. The Kier molecular flexibility index (Phi) is 4.51. The zero-order valence-electron chi connectivity index (χ0n) is 13.6. The number of halogens is 2. The molecular weight excluding hydrogens is 361 g/mol. The molecular formula is C18H15Cl2N3O2. The molecule has 1 aliphatic rings. The summed E-state index contributed by atoms with van der Waals surface area (Å²) in [6.45, 7) is 4.17. The zero-order valence-corrected chi connectivity index (χ0v) is 15.1. The van der Waals surface area contributed by atoms with Crippen LogP contribution in [0.25, 0.3) is 0 Å². The van der Waals surface area contributed by atoms with E-state index in [1.807, 2.05) is 19.9 Å². The van der Waals surface area contributed by atoms with Crippen molar-refractivity contribution in [1.29, 1.82) is 5.26 Å². The number of rotatable bonds is 2. The maximum Gasteiger partial charge on any atom is 0.258 e. The summed E-state index contributed by atoms with van der Waals surface area (Å²) in [5.74, 6) is -0.505. The third-order valence-electron chi connectivity index (χ3n) is 4.29. The summed E-state index contributed by atoms with van der Waals surface area (Å²) in [5.41, 5.74) is 7.33. The predicted octanol–water partition coefficient (Wildman–Crippen LogP) is 3.70. The van der Waals surface area contributed by atoms with Gasteiger partial charge in [0.25, 0.3) is 5.56 Å². The molecule has 0 spiro atoms. The van der Waals surface area contributed by atoms with Crippen LogP contribution in [0, 0.1) is 18.3 Å². The van der Waals surface area contributed by atoms with Gasteiger partial charge in [0.15, 0.2) is 0 Å². The van der Waals surface area contributed by atoms with Crippen molar-refractivity contribution in [3.05, 3.63) is 72.9 Å². The number of benzene rings is 1. The van der Waals surface area contributed by atoms with Crippen molar-refractivity contribution in [3.8, 4) is 11.8 Å². The third-order valence-corrected chi connectivity index (χ3v) is 4.95. The van der Waals surface area contributed by atoms with Crippen LogP contribution >= 0.6 is 23.2 Å². The maximum absolute atomic E-state index is 13.1. The standard InChI is InChI=1S/C18H15Cl2N3O2/c1-3-23-9(2)7-13-16(18(23)24)14(10(8-21)17(22)25-13)15-11(19)5-4-6-12(15)20/h4-7,14H,3,22H2,1-2H3/t14-/m1/s1. The fourth-order valence-electron chi connectivity index (χ4n) is 3.15. The molecule has 5 nitrogen and oxygen atoms in total. The molecule has 1 aromatic carbocycles. The van der Waals surface area contributed by atoms with E-state index in [-0.39, 0.29) is 17.0 Å². The molecule has 0 fully saturated rings. The molecule has 0 bridgehead atoms. The first-order valence-electron chi connectivity index (χ1n) is 7.66. The van der Waals surface area contributed by atoms with Gasteiger partial charge in [-0.3, -0.25) is 4.79 Å². The van der Waals surface area contributed by atoms with E-state index >= 15 is 0 Å². The summed E-state index contributed by atoms with van der Waals surface area (Å²) >= 11 is 12.7. The summed E-state index contributed by atoms with van der Waals surface area (Å²) in [5, 5.41) is 10.3. The number of nitrogens with two attached hydrogens (primary N) is 1. The minimum atomic E-state index is -0.777. The van der Waals surface area contributed by atoms with Gasteiger partial charge in [-0.2, -0.15) is 5.26 Å². The topological polar surface area (TPSA) is 81.0 Å². The van der Waals surface area contributed by atoms with Crippen molar-refractivity contribution in [2.45, 2.75) is 26.3 Å². The summed E-state index contributed by atoms with van der Waals surface area (Å²) < 4.78 is 7.17. The number of fused-ring (bicyclic) bond motifs is 1. The lowest BCUT2D eigenvalue weighted by Crippen LogP contribution is -2.32. The Morgan fingerprint density at radius 3 is 2.52 bits per heavy atom. The number of hydrogen-bond acceptors (Lipinski definition) is 4. The lowest BCUT2D eigenvalue weighted by molar-refractivity contribution is 0.388. The van der Waals surface area contributed by atoms with Crippen molar-refractivity contribution < 1.29 is 4.74 Å². The minimum absolute atomic E-state index is 0.0518. The van der Waals surface area contributed by atoms with Gasteiger partial charge in [0.2, 0.25) is 5.88 Å². The molecule has 0 radical (unpaired) electrons. The van der Waals surface area contributed by atoms with Crippen molar-refractivity contribution in [2.24, 2.45) is 5.73 Å². The Hall–Kier alpha value is -2.42. The average molecular weight is 376 g/mol. The maximum atomic E-state index is 13.1. The normalized spacial score (nSPS) is 16.2. The van der Waals surface area contributed by atoms with E-state index in [4.69, 9.17) is 33.7 Å². The third kappa shape index (κ3) is 2.68. The molecule has 7 heteroatoms. The second kappa shape index (κ2) is 6.47. The highest BCUT2D eigenvalue weighted by atomic mass is 35.5. The van der Waals surface area contributed by atoms with Crippen LogP contribution in [0.2, 0.25) is 10.0 Å². The van der Waals surface area contributed by atoms with Crippen LogP contribution in [0.15, 0.2) is 40.5 Å². The first-order chi connectivity index (χ1) is 11.9. The van der Waals surface area contributed by atoms with Crippen LogP contribution in [-0.4, -0.2) is 4.57 Å². The number of nitriles is 1. The Morgan fingerprint density at radius 2 is 1.96 bits per heavy atom. The van der Waals surface area contributed by atoms with E-state index in [1.54, 1.807) is 28.8 Å². The molecule has 3 rings (SSSR count). The van der Waals surface area contributed by atoms with Crippen LogP contribution < -0.4 is 16.0 Å². The van der Waals surface area contributed by atoms with Crippen molar-refractivity contribution >= 4 is 23.2 Å². The van der Waals surface area contributed by atoms with Gasteiger partial charge in [0.05, 0.1) is 11.5 Å². The number of aryl methyl sites for hydroxylation is 1. The summed E-state index contributed by atoms with van der Waals surface area (Å²) in [4.78, 5) is 13.1. The Labute approximate surface area is 154 Å². The minimum Gasteiger partial charge on any atom is -0.440 e. The molecule has 0 amide bonds. The number of hydrogen-bond donors (Lipinski definition) is 1. The molecule has 0 saturated carbocycles. The summed E-state index contributed by atoms with van der Waals surface area (Å²) in [6, 6.07) is 8.80. The first kappa shape index (κ1) is 17.4. The largest absolute Gasteiger partial charge is 0.440 e. The molecule has 25 heavy (non-hydrogen) atoms. The molecule has 1 atom stereocenters. The number of allylic oxidation sites excluding steroid dienone is 1. The van der Waals surface area contributed by atoms with Gasteiger partial charge in [0.1, 0.15) is 17.4 Å². The van der Waals surface area contributed by atoms with Gasteiger partial charge in [-0.1, -0.05) is 29.3 Å². The van der Waals surface area contributed by atoms with Crippen molar-refractivity contribution in [3.63, 3.8) is 0 Å². The quantitative estimate of drug-likeness (QED) is 0.867. The number of aromatic nitrogens is 1. The average Bonchev–Trinajstić information content (AvgIpc) is 2.54. The van der Waals surface area contributed by atoms with E-state index in [0.29, 0.717) is 33.5 Å². The molecule has 2 heterocycles. The fraction of sp³-hybridized carbons (Fsp3) is 0.222. The van der Waals surface area contributed by atoms with E-state index in [0.717, 1.165) is 5.69 Å². The highest BCUT2D eigenvalue weighted by molar-refractivity contribution is 6.36. The van der Waals surface area contributed by atoms with Crippen LogP contribution in [-0.2, 0) is 6.54 Å². The van der Waals surface area contributed by atoms with Gasteiger partial charge in [-0.25, -0.2) is 0 Å². The summed E-state index contributed by atoms with van der Waals surface area (Å²) in [7, 11) is 0. The second-order valence-corrected chi connectivity index (χ2v) is 6.49. The Balaban J connectivity index is 2.43. The lowest BCUT2D eigenvalue weighted by Gasteiger charge is -2.28. The Morgan fingerprint density at radius 1 is 1.32 bits per heavy atom. The molecule has 0 saturated heterocycles. The molecule has 2 N–H and O–H groups in total. The van der Waals surface area contributed by atoms with E-state index in [9.17, 15) is 10.1 Å². The zero-order chi connectivity index (χ0) is 18.3. The number of ether oxygens (including phenoxy) is 1. The monoisotopic (exact) mass is 375 g/mol. The van der Waals surface area contributed by atoms with Gasteiger partial charge in [-0.15, -0.1) is 0 Å². The van der Waals surface area contributed by atoms with Crippen LogP contribution in [0.5, 0.6) is 5.75 Å². The van der Waals surface area contributed by atoms with Crippen molar-refractivity contribution in [2.75, 3.05) is 0 Å². The summed E-state index contributed by atoms with van der Waals surface area (Å²) in [6.07, 6.45) is 0. The van der Waals surface area contributed by atoms with Gasteiger partial charge in [0, 0.05) is 33.9 Å². The smallest absolute Gasteiger partial charge is 0.258 e. The number of nitrogens with zero attached hydrogens (tertiary/aromatic N) is 2. The molecule has 2 aromatic rings. The molecule has 128 valence electrons. The van der Waals surface area contributed by atoms with Gasteiger partial charge >= 0.3 is 0 Å². The number of pyridine rings is 1. The van der Waals surface area contributed by atoms with Crippen LogP contribution in [0.3, 0.4) is 0 Å². The van der Waals surface area contributed by atoms with Gasteiger partial charge in [-0.05, 0) is 26.0 Å². The molecule has 0 unspecified atom stereocenters. The van der Waals surface area contributed by atoms with Crippen LogP contribution in [0.1, 0.15) is 29.7 Å². The predicted molar refractivity (Wildman–Crippen MR) is 96.9 cm³/mol. The molecule has 0 aliphatic carbocycles. The van der Waals surface area contributed by atoms with Crippen LogP contribution in [0.4, 0.5) is 0 Å². The van der Waals surface area contributed by atoms with E-state index < -0.39 is 5.92 Å². The molecule has 1 aliphatic heterocycles. The second-order valence-electron chi connectivity index (χ2n) is 5.67. The first-order valence-corrected chi connectivity index (χ1v) is 8.42. The SMILES string of the molecule is CCn1c(C)cc2c(c1=O)[C@@H](c1c(Cl)cccc1Cl)C(C#N)=C(N)O2. The fourth-order valence-corrected chi connectivity index (χ4v) is 3.77. The van der Waals surface area contributed by atoms with E-state index in [1.165, 1.54) is 0 Å². The highest BCUT2D eigenvalue weighted by Gasteiger charge is 2.36.